The Hall–Kier alpha value is -1.41. The first-order valence-electron chi connectivity index (χ1n) is 3.82. The van der Waals surface area contributed by atoms with Crippen LogP contribution in [0, 0.1) is 0 Å². The Morgan fingerprint density at radius 1 is 0.947 bits per heavy atom. The average molecular weight is 336 g/mol. The molecule has 0 aliphatic carbocycles. The largest absolute Gasteiger partial charge is 0.483 e. The molecule has 13 heteroatoms. The van der Waals surface area contributed by atoms with Crippen molar-refractivity contribution in [3.8, 4) is 0 Å². The summed E-state index contributed by atoms with van der Waals surface area (Å²) in [6, 6.07) is 0. The van der Waals surface area contributed by atoms with Crippen molar-refractivity contribution in [2.45, 2.75) is 0 Å². The fraction of sp³-hybridized carbons (Fsp3) is 0.333. The van der Waals surface area contributed by atoms with E-state index in [1.54, 1.807) is 0 Å². The maximum atomic E-state index is 9.89. The van der Waals surface area contributed by atoms with Crippen molar-refractivity contribution in [2.24, 2.45) is 11.5 Å². The van der Waals surface area contributed by atoms with Crippen LogP contribution in [0.5, 0.6) is 0 Å². The zero-order chi connectivity index (χ0) is 16.2. The van der Waals surface area contributed by atoms with Crippen LogP contribution in [-0.2, 0) is 29.5 Å². The highest BCUT2D eigenvalue weighted by Crippen LogP contribution is 1.73. The first-order valence-corrected chi connectivity index (χ1v) is 6.03. The second kappa shape index (κ2) is 11.7. The van der Waals surface area contributed by atoms with Crippen LogP contribution in [0.1, 0.15) is 0 Å². The van der Waals surface area contributed by atoms with Gasteiger partial charge in [0, 0.05) is 0 Å². The smallest absolute Gasteiger partial charge is 0.394 e. The van der Waals surface area contributed by atoms with Crippen molar-refractivity contribution >= 4 is 56.8 Å². The van der Waals surface area contributed by atoms with Gasteiger partial charge >= 0.3 is 10.4 Å². The van der Waals surface area contributed by atoms with Gasteiger partial charge in [0.05, 0.1) is 14.2 Å². The molecule has 2 amide bonds. The number of amides is 2. The van der Waals surface area contributed by atoms with Gasteiger partial charge in [-0.05, 0) is 24.4 Å². The molecule has 112 valence electrons. The molecule has 0 atom stereocenters. The van der Waals surface area contributed by atoms with Gasteiger partial charge in [0.25, 0.3) is 11.8 Å². The Morgan fingerprint density at radius 3 is 1.11 bits per heavy atom. The summed E-state index contributed by atoms with van der Waals surface area (Å²) in [6.07, 6.45) is 0. The van der Waals surface area contributed by atoms with Crippen molar-refractivity contribution < 1.29 is 36.6 Å². The van der Waals surface area contributed by atoms with Crippen LogP contribution in [0.15, 0.2) is 0 Å². The topological polar surface area (TPSA) is 179 Å². The van der Waals surface area contributed by atoms with E-state index in [2.05, 4.69) is 45.4 Å². The summed E-state index contributed by atoms with van der Waals surface area (Å²) in [5, 5.41) is -0.361. The molecule has 0 rings (SSSR count). The van der Waals surface area contributed by atoms with Crippen LogP contribution >= 0.6 is 24.4 Å². The lowest BCUT2D eigenvalue weighted by molar-refractivity contribution is -0.113. The fourth-order valence-electron chi connectivity index (χ4n) is 0.201. The molecule has 6 N–H and O–H groups in total. The van der Waals surface area contributed by atoms with Gasteiger partial charge in [-0.15, -0.1) is 0 Å². The van der Waals surface area contributed by atoms with E-state index >= 15 is 0 Å². The molecule has 0 aromatic rings. The number of primary amides is 2. The Morgan fingerprint density at radius 2 is 1.11 bits per heavy atom. The lowest BCUT2D eigenvalue weighted by Crippen LogP contribution is -2.22. The van der Waals surface area contributed by atoms with Crippen LogP contribution in [0.4, 0.5) is 0 Å². The Balaban J connectivity index is -0.000000206. The molecular weight excluding hydrogens is 324 g/mol. The lowest BCUT2D eigenvalue weighted by Gasteiger charge is -1.91. The molecule has 0 fully saturated rings. The van der Waals surface area contributed by atoms with E-state index in [-0.39, 0.29) is 10.1 Å². The maximum Gasteiger partial charge on any atom is 0.394 e. The molecule has 10 nitrogen and oxygen atoms in total. The monoisotopic (exact) mass is 336 g/mol. The highest BCUT2D eigenvalue weighted by molar-refractivity contribution is 7.82. The van der Waals surface area contributed by atoms with E-state index in [9.17, 15) is 9.59 Å². The van der Waals surface area contributed by atoms with Crippen LogP contribution < -0.4 is 11.5 Å². The first kappa shape index (κ1) is 22.7. The number of thiocarbonyl (C=S) groups is 2. The van der Waals surface area contributed by atoms with E-state index in [0.29, 0.717) is 0 Å². The summed E-state index contributed by atoms with van der Waals surface area (Å²) in [6.45, 7) is 0. The maximum absolute atomic E-state index is 9.89. The molecular formula is C6H12N2O8S3. The first-order chi connectivity index (χ1) is 8.36. The van der Waals surface area contributed by atoms with Crippen LogP contribution in [0.3, 0.4) is 0 Å². The van der Waals surface area contributed by atoms with Gasteiger partial charge in [-0.3, -0.25) is 18.7 Å². The van der Waals surface area contributed by atoms with E-state index in [1.807, 2.05) is 0 Å². The SMILES string of the molecule is COC(=S)C(N)=O.COC(=S)C(N)=O.O=S(=O)(O)O. The van der Waals surface area contributed by atoms with Crippen molar-refractivity contribution in [1.29, 1.82) is 0 Å². The fourth-order valence-corrected chi connectivity index (χ4v) is 0.201. The molecule has 19 heavy (non-hydrogen) atoms. The van der Waals surface area contributed by atoms with Gasteiger partial charge in [-0.25, -0.2) is 0 Å². The van der Waals surface area contributed by atoms with Crippen molar-refractivity contribution in [3.05, 3.63) is 0 Å². The third-order valence-corrected chi connectivity index (χ3v) is 1.51. The summed E-state index contributed by atoms with van der Waals surface area (Å²) in [5.41, 5.74) is 9.28. The Labute approximate surface area is 119 Å². The van der Waals surface area contributed by atoms with Gasteiger partial charge in [0.15, 0.2) is 0 Å². The number of carbonyl (C=O) groups is 2. The van der Waals surface area contributed by atoms with Gasteiger partial charge < -0.3 is 20.9 Å². The highest BCUT2D eigenvalue weighted by atomic mass is 32.3. The van der Waals surface area contributed by atoms with E-state index in [0.717, 1.165) is 0 Å². The summed E-state index contributed by atoms with van der Waals surface area (Å²) in [7, 11) is -2.07. The van der Waals surface area contributed by atoms with Gasteiger partial charge in [0.2, 0.25) is 10.1 Å². The molecule has 0 aliphatic heterocycles. The lowest BCUT2D eigenvalue weighted by atomic mass is 10.7. The van der Waals surface area contributed by atoms with Crippen molar-refractivity contribution in [2.75, 3.05) is 14.2 Å². The zero-order valence-electron chi connectivity index (χ0n) is 9.72. The van der Waals surface area contributed by atoms with Gasteiger partial charge in [0.1, 0.15) is 0 Å². The number of nitrogens with two attached hydrogens (primary N) is 2. The average Bonchev–Trinajstić information content (AvgIpc) is 2.25. The quantitative estimate of drug-likeness (QED) is 0.292. The zero-order valence-corrected chi connectivity index (χ0v) is 12.2. The van der Waals surface area contributed by atoms with Gasteiger partial charge in [-0.2, -0.15) is 8.42 Å². The Kier molecular flexibility index (Phi) is 14.0. The van der Waals surface area contributed by atoms with E-state index in [1.165, 1.54) is 14.2 Å². The van der Waals surface area contributed by atoms with Gasteiger partial charge in [-0.1, -0.05) is 0 Å². The minimum Gasteiger partial charge on any atom is -0.483 e. The second-order valence-corrected chi connectivity index (χ2v) is 3.80. The number of ether oxygens (including phenoxy) is 2. The highest BCUT2D eigenvalue weighted by Gasteiger charge is 1.99. The molecule has 0 aliphatic rings. The predicted octanol–water partition coefficient (Wildman–Crippen LogP) is -1.76. The molecule has 0 saturated carbocycles. The van der Waals surface area contributed by atoms with Crippen molar-refractivity contribution in [3.63, 3.8) is 0 Å². The van der Waals surface area contributed by atoms with Crippen LogP contribution in [0.25, 0.3) is 0 Å². The van der Waals surface area contributed by atoms with E-state index in [4.69, 9.17) is 17.5 Å². The summed E-state index contributed by atoms with van der Waals surface area (Å²) in [5.74, 6) is -1.39. The molecule has 0 aromatic carbocycles. The normalized spacial score (nSPS) is 8.63. The second-order valence-electron chi connectivity index (χ2n) is 2.16. The summed E-state index contributed by atoms with van der Waals surface area (Å²) < 4.78 is 40.1. The molecule has 0 heterocycles. The summed E-state index contributed by atoms with van der Waals surface area (Å²) >= 11 is 8.56. The number of hydrogen-bond acceptors (Lipinski definition) is 8. The number of rotatable bonds is 0. The molecule has 0 bridgehead atoms. The Bertz CT molecular complexity index is 398. The number of methoxy groups -OCH3 is 2. The van der Waals surface area contributed by atoms with Crippen molar-refractivity contribution in [1.82, 2.24) is 0 Å². The molecule has 0 aromatic heterocycles. The predicted molar refractivity (Wildman–Crippen MR) is 71.8 cm³/mol. The molecule has 0 spiro atoms. The minimum absolute atomic E-state index is 0.181. The van der Waals surface area contributed by atoms with Crippen LogP contribution in [-0.4, -0.2) is 53.7 Å². The minimum atomic E-state index is -4.67. The van der Waals surface area contributed by atoms with E-state index < -0.39 is 22.2 Å². The standard InChI is InChI=1S/2C3H5NO2S.H2O4S/c2*1-6-3(7)2(4)5;1-5(2,3)4/h2*1H3,(H2,4,5);(H2,1,2,3,4). The molecule has 0 radical (unpaired) electrons. The van der Waals surface area contributed by atoms with Crippen LogP contribution in [0.2, 0.25) is 0 Å². The summed E-state index contributed by atoms with van der Waals surface area (Å²) in [4.78, 5) is 19.8. The number of carbonyl (C=O) groups excluding carboxylic acids is 2. The molecule has 0 saturated heterocycles. The third kappa shape index (κ3) is 31.5. The number of hydrogen-bond donors (Lipinski definition) is 4. The molecule has 0 unspecified atom stereocenters. The third-order valence-electron chi connectivity index (χ3n) is 0.773.